The Balaban J connectivity index is 1.63. The number of hydrogen-bond donors (Lipinski definition) is 1. The van der Waals surface area contributed by atoms with Crippen LogP contribution in [-0.4, -0.2) is 45.2 Å². The Morgan fingerprint density at radius 2 is 2.08 bits per heavy atom. The van der Waals surface area contributed by atoms with Gasteiger partial charge in [-0.05, 0) is 23.8 Å². The molecule has 1 atom stereocenters. The molecule has 26 heavy (non-hydrogen) atoms. The molecule has 0 spiro atoms. The molecule has 2 aromatic heterocycles. The Morgan fingerprint density at radius 1 is 1.19 bits per heavy atom. The smallest absolute Gasteiger partial charge is 0.244 e. The van der Waals surface area contributed by atoms with E-state index in [1.165, 1.54) is 6.20 Å². The van der Waals surface area contributed by atoms with Crippen LogP contribution in [0, 0.1) is 0 Å². The first kappa shape index (κ1) is 16.4. The van der Waals surface area contributed by atoms with Gasteiger partial charge in [0.15, 0.2) is 0 Å². The van der Waals surface area contributed by atoms with Crippen molar-refractivity contribution in [3.8, 4) is 0 Å². The highest BCUT2D eigenvalue weighted by atomic mass is 16.2. The van der Waals surface area contributed by atoms with Gasteiger partial charge in [-0.2, -0.15) is 5.10 Å². The second-order valence-corrected chi connectivity index (χ2v) is 6.28. The highest BCUT2D eigenvalue weighted by Gasteiger charge is 2.28. The Bertz CT molecular complexity index is 986. The van der Waals surface area contributed by atoms with Crippen LogP contribution in [0.15, 0.2) is 59.8 Å². The molecule has 7 heteroatoms. The molecular weight excluding hydrogens is 330 g/mol. The zero-order valence-corrected chi connectivity index (χ0v) is 14.2. The van der Waals surface area contributed by atoms with Crippen LogP contribution < -0.4 is 10.7 Å². The molecule has 1 N–H and O–H groups in total. The van der Waals surface area contributed by atoms with Gasteiger partial charge in [0.1, 0.15) is 6.54 Å². The summed E-state index contributed by atoms with van der Waals surface area (Å²) in [6.07, 6.45) is 4.79. The number of pyridine rings is 1. The maximum Gasteiger partial charge on any atom is 0.244 e. The van der Waals surface area contributed by atoms with Crippen molar-refractivity contribution in [1.82, 2.24) is 25.0 Å². The molecule has 1 fully saturated rings. The molecule has 3 aromatic rings. The minimum atomic E-state index is -0.139. The molecule has 0 bridgehead atoms. The molecule has 0 aliphatic carbocycles. The van der Waals surface area contributed by atoms with Crippen molar-refractivity contribution in [2.24, 2.45) is 0 Å². The predicted molar refractivity (Wildman–Crippen MR) is 97.6 cm³/mol. The quantitative estimate of drug-likeness (QED) is 0.762. The summed E-state index contributed by atoms with van der Waals surface area (Å²) in [5.41, 5.74) is 1.53. The van der Waals surface area contributed by atoms with Crippen LogP contribution in [0.5, 0.6) is 0 Å². The number of nitrogens with zero attached hydrogens (tertiary/aromatic N) is 4. The fraction of sp³-hybridized carbons (Fsp3) is 0.263. The molecule has 0 saturated carbocycles. The molecular formula is C19H19N5O2. The van der Waals surface area contributed by atoms with Gasteiger partial charge in [0, 0.05) is 37.4 Å². The average Bonchev–Trinajstić information content (AvgIpc) is 2.71. The SMILES string of the molecule is O=C(Cn1ncc(=O)c2ccccc21)N1CCNCC1c1cccnc1. The summed E-state index contributed by atoms with van der Waals surface area (Å²) < 4.78 is 1.60. The highest BCUT2D eigenvalue weighted by molar-refractivity contribution is 5.81. The van der Waals surface area contributed by atoms with E-state index in [1.807, 2.05) is 35.2 Å². The number of amides is 1. The third kappa shape index (κ3) is 3.09. The van der Waals surface area contributed by atoms with Crippen LogP contribution in [0.3, 0.4) is 0 Å². The molecule has 132 valence electrons. The molecule has 1 aliphatic heterocycles. The van der Waals surface area contributed by atoms with Gasteiger partial charge in [-0.3, -0.25) is 19.3 Å². The molecule has 0 radical (unpaired) electrons. The highest BCUT2D eigenvalue weighted by Crippen LogP contribution is 2.22. The van der Waals surface area contributed by atoms with Crippen molar-refractivity contribution in [3.63, 3.8) is 0 Å². The number of carbonyl (C=O) groups is 1. The van der Waals surface area contributed by atoms with E-state index in [1.54, 1.807) is 23.1 Å². The average molecular weight is 349 g/mol. The number of carbonyl (C=O) groups excluding carboxylic acids is 1. The van der Waals surface area contributed by atoms with Gasteiger partial charge < -0.3 is 10.2 Å². The fourth-order valence-electron chi connectivity index (χ4n) is 3.38. The summed E-state index contributed by atoms with van der Waals surface area (Å²) in [4.78, 5) is 31.0. The Morgan fingerprint density at radius 3 is 2.92 bits per heavy atom. The topological polar surface area (TPSA) is 80.1 Å². The predicted octanol–water partition coefficient (Wildman–Crippen LogP) is 0.965. The second-order valence-electron chi connectivity index (χ2n) is 6.28. The summed E-state index contributed by atoms with van der Waals surface area (Å²) in [7, 11) is 0. The molecule has 1 unspecified atom stereocenters. The Hall–Kier alpha value is -3.06. The number of benzene rings is 1. The van der Waals surface area contributed by atoms with Crippen molar-refractivity contribution >= 4 is 16.8 Å². The molecule has 1 saturated heterocycles. The number of nitrogens with one attached hydrogen (secondary N) is 1. The van der Waals surface area contributed by atoms with Gasteiger partial charge >= 0.3 is 0 Å². The molecule has 1 aliphatic rings. The zero-order chi connectivity index (χ0) is 17.9. The lowest BCUT2D eigenvalue weighted by atomic mass is 10.1. The third-order valence-corrected chi connectivity index (χ3v) is 4.68. The van der Waals surface area contributed by atoms with Gasteiger partial charge in [0.2, 0.25) is 11.3 Å². The summed E-state index contributed by atoms with van der Waals surface area (Å²) in [6, 6.07) is 11.0. The minimum absolute atomic E-state index is 0.0262. The Kier molecular flexibility index (Phi) is 4.45. The first-order chi connectivity index (χ1) is 12.7. The molecule has 1 aromatic carbocycles. The third-order valence-electron chi connectivity index (χ3n) is 4.68. The van der Waals surface area contributed by atoms with Crippen LogP contribution in [-0.2, 0) is 11.3 Å². The lowest BCUT2D eigenvalue weighted by Crippen LogP contribution is -2.49. The van der Waals surface area contributed by atoms with Crippen molar-refractivity contribution in [1.29, 1.82) is 0 Å². The summed E-state index contributed by atoms with van der Waals surface area (Å²) >= 11 is 0. The van der Waals surface area contributed by atoms with E-state index in [4.69, 9.17) is 0 Å². The monoisotopic (exact) mass is 349 g/mol. The molecule has 1 amide bonds. The van der Waals surface area contributed by atoms with E-state index in [2.05, 4.69) is 15.4 Å². The van der Waals surface area contributed by atoms with Crippen molar-refractivity contribution in [2.75, 3.05) is 19.6 Å². The van der Waals surface area contributed by atoms with Gasteiger partial charge in [-0.1, -0.05) is 18.2 Å². The number of para-hydroxylation sites is 1. The van der Waals surface area contributed by atoms with E-state index in [0.29, 0.717) is 24.0 Å². The van der Waals surface area contributed by atoms with Crippen molar-refractivity contribution < 1.29 is 4.79 Å². The van der Waals surface area contributed by atoms with E-state index in [9.17, 15) is 9.59 Å². The van der Waals surface area contributed by atoms with E-state index in [0.717, 1.165) is 12.1 Å². The van der Waals surface area contributed by atoms with Crippen LogP contribution in [0.1, 0.15) is 11.6 Å². The van der Waals surface area contributed by atoms with E-state index < -0.39 is 0 Å². The number of rotatable bonds is 3. The largest absolute Gasteiger partial charge is 0.331 e. The van der Waals surface area contributed by atoms with E-state index in [-0.39, 0.29) is 23.9 Å². The normalized spacial score (nSPS) is 17.4. The van der Waals surface area contributed by atoms with Gasteiger partial charge in [0.05, 0.1) is 17.8 Å². The first-order valence-corrected chi connectivity index (χ1v) is 8.59. The number of hydrogen-bond acceptors (Lipinski definition) is 5. The van der Waals surface area contributed by atoms with Crippen LogP contribution >= 0.6 is 0 Å². The maximum absolute atomic E-state index is 13.0. The minimum Gasteiger partial charge on any atom is -0.331 e. The first-order valence-electron chi connectivity index (χ1n) is 8.59. The molecule has 7 nitrogen and oxygen atoms in total. The van der Waals surface area contributed by atoms with Gasteiger partial charge in [-0.15, -0.1) is 0 Å². The maximum atomic E-state index is 13.0. The summed E-state index contributed by atoms with van der Waals surface area (Å²) in [5, 5.41) is 8.07. The van der Waals surface area contributed by atoms with Gasteiger partial charge in [-0.25, -0.2) is 0 Å². The van der Waals surface area contributed by atoms with Gasteiger partial charge in [0.25, 0.3) is 0 Å². The van der Waals surface area contributed by atoms with Crippen LogP contribution in [0.25, 0.3) is 10.9 Å². The Labute approximate surface area is 150 Å². The lowest BCUT2D eigenvalue weighted by Gasteiger charge is -2.36. The standard InChI is InChI=1S/C19H19N5O2/c25-18-12-22-24(16-6-2-1-5-15(16)18)13-19(26)23-9-8-21-11-17(23)14-4-3-7-20-10-14/h1-7,10,12,17,21H,8-9,11,13H2. The summed E-state index contributed by atoms with van der Waals surface area (Å²) in [5.74, 6) is -0.0262. The van der Waals surface area contributed by atoms with Crippen molar-refractivity contribution in [3.05, 3.63) is 70.8 Å². The van der Waals surface area contributed by atoms with Crippen LogP contribution in [0.4, 0.5) is 0 Å². The second kappa shape index (κ2) is 7.05. The molecule has 3 heterocycles. The van der Waals surface area contributed by atoms with Crippen LogP contribution in [0.2, 0.25) is 0 Å². The molecule has 4 rings (SSSR count). The van der Waals surface area contributed by atoms with E-state index >= 15 is 0 Å². The van der Waals surface area contributed by atoms with Crippen molar-refractivity contribution in [2.45, 2.75) is 12.6 Å². The fourth-order valence-corrected chi connectivity index (χ4v) is 3.38. The lowest BCUT2D eigenvalue weighted by molar-refractivity contribution is -0.135. The number of piperazine rings is 1. The number of aromatic nitrogens is 3. The summed E-state index contributed by atoms with van der Waals surface area (Å²) in [6.45, 7) is 2.16. The number of fused-ring (bicyclic) bond motifs is 1. The zero-order valence-electron chi connectivity index (χ0n) is 14.2.